The first kappa shape index (κ1) is 20.8. The largest absolute Gasteiger partial charge is 0.317 e. The quantitative estimate of drug-likeness (QED) is 0.293. The van der Waals surface area contributed by atoms with Crippen LogP contribution in [0.25, 0.3) is 0 Å². The van der Waals surface area contributed by atoms with E-state index in [-0.39, 0.29) is 0 Å². The predicted molar refractivity (Wildman–Crippen MR) is 95.1 cm³/mol. The van der Waals surface area contributed by atoms with Gasteiger partial charge >= 0.3 is 0 Å². The molecule has 21 heavy (non-hydrogen) atoms. The molecule has 128 valence electrons. The summed E-state index contributed by atoms with van der Waals surface area (Å²) in [5.74, 6) is 0. The highest BCUT2D eigenvalue weighted by atomic mass is 14.9. The molecule has 0 saturated carbocycles. The van der Waals surface area contributed by atoms with Crippen molar-refractivity contribution in [1.29, 1.82) is 0 Å². The summed E-state index contributed by atoms with van der Waals surface area (Å²) in [6.45, 7) is 13.5. The van der Waals surface area contributed by atoms with Gasteiger partial charge in [0.15, 0.2) is 0 Å². The van der Waals surface area contributed by atoms with Crippen LogP contribution < -0.4 is 21.3 Å². The molecule has 0 aromatic carbocycles. The molecule has 0 rings (SSSR count). The van der Waals surface area contributed by atoms with Gasteiger partial charge < -0.3 is 21.3 Å². The second kappa shape index (κ2) is 19.8. The molecule has 4 heteroatoms. The Kier molecular flexibility index (Phi) is 19.7. The summed E-state index contributed by atoms with van der Waals surface area (Å²) in [6.07, 6.45) is 9.29. The molecule has 0 unspecified atom stereocenters. The third-order valence-electron chi connectivity index (χ3n) is 3.62. The highest BCUT2D eigenvalue weighted by Crippen LogP contribution is 2.01. The molecule has 0 radical (unpaired) electrons. The second-order valence-electron chi connectivity index (χ2n) is 5.68. The Labute approximate surface area is 133 Å². The number of hydrogen-bond acceptors (Lipinski definition) is 4. The Hall–Kier alpha value is -0.160. The highest BCUT2D eigenvalue weighted by molar-refractivity contribution is 4.54. The van der Waals surface area contributed by atoms with E-state index in [0.29, 0.717) is 0 Å². The summed E-state index contributed by atoms with van der Waals surface area (Å²) in [7, 11) is 0. The van der Waals surface area contributed by atoms with Crippen LogP contribution in [0.3, 0.4) is 0 Å². The van der Waals surface area contributed by atoms with Crippen LogP contribution in [-0.2, 0) is 0 Å². The Morgan fingerprint density at radius 3 is 1.14 bits per heavy atom. The van der Waals surface area contributed by atoms with Crippen molar-refractivity contribution in [2.45, 2.75) is 58.8 Å². The summed E-state index contributed by atoms with van der Waals surface area (Å²) >= 11 is 0. The third kappa shape index (κ3) is 19.8. The molecular weight excluding hydrogens is 260 g/mol. The lowest BCUT2D eigenvalue weighted by Gasteiger charge is -2.06. The average molecular weight is 301 g/mol. The number of nitrogens with one attached hydrogen (secondary N) is 4. The zero-order valence-electron chi connectivity index (χ0n) is 14.6. The fourth-order valence-electron chi connectivity index (χ4n) is 2.31. The Bertz CT molecular complexity index is 158. The van der Waals surface area contributed by atoms with Crippen LogP contribution in [0.4, 0.5) is 0 Å². The van der Waals surface area contributed by atoms with E-state index in [0.717, 1.165) is 39.3 Å². The molecule has 0 aliphatic rings. The van der Waals surface area contributed by atoms with Crippen molar-refractivity contribution in [3.63, 3.8) is 0 Å². The van der Waals surface area contributed by atoms with Gasteiger partial charge in [-0.25, -0.2) is 0 Å². The molecular formula is C17H40N4. The molecule has 4 N–H and O–H groups in total. The van der Waals surface area contributed by atoms with Crippen LogP contribution in [0.1, 0.15) is 58.8 Å². The SMILES string of the molecule is CCNCCCNCCCCCCCNCCCNCC. The van der Waals surface area contributed by atoms with Crippen molar-refractivity contribution in [1.82, 2.24) is 21.3 Å². The average Bonchev–Trinajstić information content (AvgIpc) is 2.50. The van der Waals surface area contributed by atoms with E-state index in [9.17, 15) is 0 Å². The van der Waals surface area contributed by atoms with Crippen molar-refractivity contribution in [2.75, 3.05) is 52.4 Å². The lowest BCUT2D eigenvalue weighted by Crippen LogP contribution is -2.22. The van der Waals surface area contributed by atoms with E-state index in [1.165, 1.54) is 58.0 Å². The fourth-order valence-corrected chi connectivity index (χ4v) is 2.31. The molecule has 0 aliphatic heterocycles. The van der Waals surface area contributed by atoms with E-state index in [1.54, 1.807) is 0 Å². The monoisotopic (exact) mass is 300 g/mol. The van der Waals surface area contributed by atoms with E-state index < -0.39 is 0 Å². The normalized spacial score (nSPS) is 11.1. The molecule has 0 aliphatic carbocycles. The minimum atomic E-state index is 1.09. The Balaban J connectivity index is 2.90. The standard InChI is InChI=1S/C17H40N4/c1-3-18-14-10-16-20-12-8-6-5-7-9-13-21-17-11-15-19-4-2/h18-21H,3-17H2,1-2H3. The molecule has 0 heterocycles. The lowest BCUT2D eigenvalue weighted by atomic mass is 10.1. The first-order valence-electron chi connectivity index (χ1n) is 9.24. The van der Waals surface area contributed by atoms with E-state index >= 15 is 0 Å². The molecule has 0 fully saturated rings. The van der Waals surface area contributed by atoms with Gasteiger partial charge in [0.05, 0.1) is 0 Å². The van der Waals surface area contributed by atoms with E-state index in [1.807, 2.05) is 0 Å². The Morgan fingerprint density at radius 1 is 0.381 bits per heavy atom. The molecule has 0 spiro atoms. The summed E-state index contributed by atoms with van der Waals surface area (Å²) in [5, 5.41) is 13.7. The maximum atomic E-state index is 3.52. The van der Waals surface area contributed by atoms with Crippen molar-refractivity contribution >= 4 is 0 Å². The van der Waals surface area contributed by atoms with Gasteiger partial charge in [0.1, 0.15) is 0 Å². The molecule has 4 nitrogen and oxygen atoms in total. The van der Waals surface area contributed by atoms with Crippen LogP contribution in [0, 0.1) is 0 Å². The van der Waals surface area contributed by atoms with Crippen LogP contribution >= 0.6 is 0 Å². The summed E-state index contributed by atoms with van der Waals surface area (Å²) in [5.41, 5.74) is 0. The van der Waals surface area contributed by atoms with Crippen LogP contribution in [-0.4, -0.2) is 52.4 Å². The fraction of sp³-hybridized carbons (Fsp3) is 1.00. The molecule has 0 amide bonds. The summed E-state index contributed by atoms with van der Waals surface area (Å²) in [4.78, 5) is 0. The third-order valence-corrected chi connectivity index (χ3v) is 3.62. The van der Waals surface area contributed by atoms with Gasteiger partial charge in [0.25, 0.3) is 0 Å². The number of unbranched alkanes of at least 4 members (excludes halogenated alkanes) is 4. The van der Waals surface area contributed by atoms with Gasteiger partial charge in [-0.3, -0.25) is 0 Å². The van der Waals surface area contributed by atoms with Crippen molar-refractivity contribution in [2.24, 2.45) is 0 Å². The first-order valence-corrected chi connectivity index (χ1v) is 9.24. The molecule has 0 bridgehead atoms. The van der Waals surface area contributed by atoms with Crippen LogP contribution in [0.5, 0.6) is 0 Å². The summed E-state index contributed by atoms with van der Waals surface area (Å²) < 4.78 is 0. The maximum absolute atomic E-state index is 3.52. The Morgan fingerprint density at radius 2 is 0.714 bits per heavy atom. The zero-order chi connectivity index (χ0) is 15.4. The second-order valence-corrected chi connectivity index (χ2v) is 5.68. The van der Waals surface area contributed by atoms with Gasteiger partial charge in [-0.05, 0) is 78.0 Å². The minimum absolute atomic E-state index is 1.09. The number of hydrogen-bond donors (Lipinski definition) is 4. The molecule has 0 aromatic heterocycles. The summed E-state index contributed by atoms with van der Waals surface area (Å²) in [6, 6.07) is 0. The molecule has 0 aromatic rings. The van der Waals surface area contributed by atoms with Gasteiger partial charge in [-0.1, -0.05) is 33.1 Å². The topological polar surface area (TPSA) is 48.1 Å². The minimum Gasteiger partial charge on any atom is -0.317 e. The van der Waals surface area contributed by atoms with Crippen molar-refractivity contribution in [3.05, 3.63) is 0 Å². The van der Waals surface area contributed by atoms with E-state index in [4.69, 9.17) is 0 Å². The number of rotatable bonds is 18. The van der Waals surface area contributed by atoms with Gasteiger partial charge in [0.2, 0.25) is 0 Å². The van der Waals surface area contributed by atoms with Gasteiger partial charge in [-0.2, -0.15) is 0 Å². The van der Waals surface area contributed by atoms with Crippen molar-refractivity contribution in [3.8, 4) is 0 Å². The van der Waals surface area contributed by atoms with Crippen LogP contribution in [0.15, 0.2) is 0 Å². The van der Waals surface area contributed by atoms with Crippen LogP contribution in [0.2, 0.25) is 0 Å². The predicted octanol–water partition coefficient (Wildman–Crippen LogP) is 2.12. The van der Waals surface area contributed by atoms with Gasteiger partial charge in [0, 0.05) is 0 Å². The highest BCUT2D eigenvalue weighted by Gasteiger charge is 1.92. The smallest absolute Gasteiger partial charge is 0.00368 e. The first-order chi connectivity index (χ1) is 10.4. The molecule has 0 saturated heterocycles. The van der Waals surface area contributed by atoms with E-state index in [2.05, 4.69) is 35.1 Å². The maximum Gasteiger partial charge on any atom is -0.00368 e. The van der Waals surface area contributed by atoms with Crippen molar-refractivity contribution < 1.29 is 0 Å². The molecule has 0 atom stereocenters. The zero-order valence-corrected chi connectivity index (χ0v) is 14.6. The van der Waals surface area contributed by atoms with Gasteiger partial charge in [-0.15, -0.1) is 0 Å². The lowest BCUT2D eigenvalue weighted by molar-refractivity contribution is 0.540.